The minimum atomic E-state index is -4.33. The first-order chi connectivity index (χ1) is 17.1. The van der Waals surface area contributed by atoms with Crippen LogP contribution in [-0.2, 0) is 10.0 Å². The number of pyridine rings is 1. The zero-order valence-corrected chi connectivity index (χ0v) is 20.3. The first kappa shape index (κ1) is 24.8. The van der Waals surface area contributed by atoms with Crippen LogP contribution in [0.4, 0.5) is 22.7 Å². The minimum Gasteiger partial charge on any atom is -0.493 e. The molecule has 0 amide bonds. The average molecular weight is 544 g/mol. The predicted molar refractivity (Wildman–Crippen MR) is 122 cm³/mol. The number of sulfonamides is 1. The Morgan fingerprint density at radius 3 is 2.67 bits per heavy atom. The van der Waals surface area contributed by atoms with E-state index in [2.05, 4.69) is 19.1 Å². The van der Waals surface area contributed by atoms with Gasteiger partial charge in [0.1, 0.15) is 22.8 Å². The second-order valence-electron chi connectivity index (χ2n) is 8.60. The number of rotatable bonds is 5. The molecule has 0 aliphatic carbocycles. The summed E-state index contributed by atoms with van der Waals surface area (Å²) in [5, 5.41) is -0.0170. The van der Waals surface area contributed by atoms with E-state index in [-0.39, 0.29) is 36.9 Å². The number of halogens is 4. The van der Waals surface area contributed by atoms with Crippen LogP contribution in [0.1, 0.15) is 42.6 Å². The normalized spacial score (nSPS) is 23.1. The Kier molecular flexibility index (Phi) is 6.59. The number of aromatic nitrogens is 3. The molecular formula is C22H21F4N5O3S2. The molecule has 3 atom stereocenters. The number of nitrogens with one attached hydrogen (secondary N) is 1. The molecule has 0 saturated carbocycles. The number of anilines is 1. The minimum absolute atomic E-state index is 0.0170. The molecule has 4 heterocycles. The second kappa shape index (κ2) is 9.56. The van der Waals surface area contributed by atoms with Crippen molar-refractivity contribution in [3.05, 3.63) is 59.9 Å². The number of fused-ring (bicyclic) bond motifs is 1. The van der Waals surface area contributed by atoms with Gasteiger partial charge in [-0.05, 0) is 31.0 Å². The van der Waals surface area contributed by atoms with Crippen LogP contribution < -0.4 is 9.46 Å². The molecule has 2 aliphatic rings. The highest BCUT2D eigenvalue weighted by molar-refractivity contribution is 7.93. The second-order valence-corrected chi connectivity index (χ2v) is 11.0. The summed E-state index contributed by atoms with van der Waals surface area (Å²) in [4.78, 5) is 9.34. The zero-order chi connectivity index (χ0) is 25.5. The van der Waals surface area contributed by atoms with Gasteiger partial charge in [-0.2, -0.15) is 17.5 Å². The third-order valence-corrected chi connectivity index (χ3v) is 8.54. The molecule has 2 aromatic heterocycles. The SMILES string of the molecule is O=S(=O)(Nc1ncns1)c1cc2c(cc1F)[C@H](N1CC[C@@H](C(F)(F)F)C[C@H]1c1ccccn1)CCO2. The largest absolute Gasteiger partial charge is 0.493 e. The Balaban J connectivity index is 1.49. The third kappa shape index (κ3) is 4.89. The summed E-state index contributed by atoms with van der Waals surface area (Å²) in [6, 6.07) is 6.18. The Bertz CT molecular complexity index is 1320. The van der Waals surface area contributed by atoms with Crippen molar-refractivity contribution in [2.24, 2.45) is 5.92 Å². The molecule has 5 rings (SSSR count). The highest BCUT2D eigenvalue weighted by atomic mass is 32.2. The van der Waals surface area contributed by atoms with Crippen molar-refractivity contribution in [2.75, 3.05) is 17.9 Å². The molecule has 1 aromatic carbocycles. The van der Waals surface area contributed by atoms with E-state index in [1.165, 1.54) is 12.5 Å². The van der Waals surface area contributed by atoms with E-state index >= 15 is 4.39 Å². The van der Waals surface area contributed by atoms with Crippen molar-refractivity contribution in [2.45, 2.75) is 42.4 Å². The fourth-order valence-corrected chi connectivity index (χ4v) is 6.56. The van der Waals surface area contributed by atoms with Crippen LogP contribution in [0, 0.1) is 11.7 Å². The van der Waals surface area contributed by atoms with Crippen LogP contribution in [0.2, 0.25) is 0 Å². The molecule has 0 bridgehead atoms. The van der Waals surface area contributed by atoms with Gasteiger partial charge in [-0.1, -0.05) is 6.07 Å². The van der Waals surface area contributed by atoms with Crippen molar-refractivity contribution < 1.29 is 30.7 Å². The van der Waals surface area contributed by atoms with Gasteiger partial charge in [0, 0.05) is 48.4 Å². The lowest BCUT2D eigenvalue weighted by Gasteiger charge is -2.45. The summed E-state index contributed by atoms with van der Waals surface area (Å²) in [5.74, 6) is -2.31. The molecule has 1 fully saturated rings. The van der Waals surface area contributed by atoms with Gasteiger partial charge in [-0.15, -0.1) is 0 Å². The molecule has 0 radical (unpaired) electrons. The standard InChI is InChI=1S/C22H21F4N5O3S2/c23-15-10-14-17(5-8-34-19(14)11-20(15)36(32,33)30-21-28-12-29-35-21)31-7-4-13(22(24,25)26)9-18(31)16-3-1-2-6-27-16/h1-3,6,10-13,17-18H,4-5,7-9H2,(H,28,29,30)/t13-,17-,18+/m1/s1. The number of nitrogens with zero attached hydrogens (tertiary/aromatic N) is 4. The summed E-state index contributed by atoms with van der Waals surface area (Å²) < 4.78 is 93.1. The van der Waals surface area contributed by atoms with Gasteiger partial charge >= 0.3 is 6.18 Å². The van der Waals surface area contributed by atoms with Gasteiger partial charge in [-0.3, -0.25) is 14.6 Å². The van der Waals surface area contributed by atoms with Gasteiger partial charge in [0.15, 0.2) is 0 Å². The molecule has 1 saturated heterocycles. The predicted octanol–water partition coefficient (Wildman–Crippen LogP) is 4.71. The third-order valence-electron chi connectivity index (χ3n) is 6.48. The van der Waals surface area contributed by atoms with Crippen molar-refractivity contribution >= 4 is 26.7 Å². The summed E-state index contributed by atoms with van der Waals surface area (Å²) in [5.41, 5.74) is 0.889. The van der Waals surface area contributed by atoms with Crippen LogP contribution in [0.5, 0.6) is 5.75 Å². The highest BCUT2D eigenvalue weighted by Gasteiger charge is 2.47. The lowest BCUT2D eigenvalue weighted by atomic mass is 9.85. The fourth-order valence-electron chi connectivity index (χ4n) is 4.83. The Morgan fingerprint density at radius 1 is 1.14 bits per heavy atom. The number of alkyl halides is 3. The van der Waals surface area contributed by atoms with E-state index in [1.807, 2.05) is 4.90 Å². The molecular weight excluding hydrogens is 522 g/mol. The number of hydrogen-bond acceptors (Lipinski definition) is 8. The van der Waals surface area contributed by atoms with Crippen molar-refractivity contribution in [1.82, 2.24) is 19.2 Å². The fraction of sp³-hybridized carbons (Fsp3) is 0.409. The van der Waals surface area contributed by atoms with Gasteiger partial charge in [0.25, 0.3) is 10.0 Å². The number of hydrogen-bond donors (Lipinski definition) is 1. The molecule has 36 heavy (non-hydrogen) atoms. The quantitative estimate of drug-likeness (QED) is 0.466. The van der Waals surface area contributed by atoms with E-state index in [9.17, 15) is 21.6 Å². The van der Waals surface area contributed by atoms with Gasteiger partial charge in [0.2, 0.25) is 5.13 Å². The van der Waals surface area contributed by atoms with Crippen LogP contribution in [-0.4, -0.2) is 47.0 Å². The maximum absolute atomic E-state index is 15.2. The number of ether oxygens (including phenoxy) is 1. The summed E-state index contributed by atoms with van der Waals surface area (Å²) in [6.07, 6.45) is -1.50. The van der Waals surface area contributed by atoms with Crippen LogP contribution in [0.15, 0.2) is 47.8 Å². The Hall–Kier alpha value is -2.84. The van der Waals surface area contributed by atoms with Crippen LogP contribution in [0.25, 0.3) is 0 Å². The maximum atomic E-state index is 15.2. The van der Waals surface area contributed by atoms with Gasteiger partial charge in [-0.25, -0.2) is 17.8 Å². The number of likely N-dealkylation sites (tertiary alicyclic amines) is 1. The molecule has 14 heteroatoms. The van der Waals surface area contributed by atoms with E-state index in [0.29, 0.717) is 17.7 Å². The monoisotopic (exact) mass is 543 g/mol. The molecule has 1 N–H and O–H groups in total. The molecule has 8 nitrogen and oxygen atoms in total. The maximum Gasteiger partial charge on any atom is 0.391 e. The Labute approximate surface area is 208 Å². The average Bonchev–Trinajstić information content (AvgIpc) is 3.35. The lowest BCUT2D eigenvalue weighted by Crippen LogP contribution is -2.44. The molecule has 3 aromatic rings. The first-order valence-corrected chi connectivity index (χ1v) is 13.4. The summed E-state index contributed by atoms with van der Waals surface area (Å²) in [7, 11) is -4.31. The lowest BCUT2D eigenvalue weighted by molar-refractivity contribution is -0.192. The van der Waals surface area contributed by atoms with Crippen LogP contribution in [0.3, 0.4) is 0 Å². The molecule has 0 spiro atoms. The van der Waals surface area contributed by atoms with Gasteiger partial charge in [0.05, 0.1) is 24.3 Å². The topological polar surface area (TPSA) is 97.3 Å². The smallest absolute Gasteiger partial charge is 0.391 e. The molecule has 2 aliphatic heterocycles. The number of piperidine rings is 1. The van der Waals surface area contributed by atoms with E-state index in [4.69, 9.17) is 4.74 Å². The first-order valence-electron chi connectivity index (χ1n) is 11.1. The zero-order valence-electron chi connectivity index (χ0n) is 18.7. The van der Waals surface area contributed by atoms with Crippen LogP contribution >= 0.6 is 11.5 Å². The van der Waals surface area contributed by atoms with E-state index in [1.54, 1.807) is 18.2 Å². The Morgan fingerprint density at radius 2 is 1.97 bits per heavy atom. The highest BCUT2D eigenvalue weighted by Crippen LogP contribution is 2.48. The van der Waals surface area contributed by atoms with Gasteiger partial charge < -0.3 is 4.74 Å². The summed E-state index contributed by atoms with van der Waals surface area (Å²) >= 11 is 0.800. The van der Waals surface area contributed by atoms with E-state index in [0.717, 1.165) is 23.7 Å². The molecule has 192 valence electrons. The van der Waals surface area contributed by atoms with Crippen molar-refractivity contribution in [3.63, 3.8) is 0 Å². The van der Waals surface area contributed by atoms with Crippen molar-refractivity contribution in [3.8, 4) is 5.75 Å². The van der Waals surface area contributed by atoms with Crippen molar-refractivity contribution in [1.29, 1.82) is 0 Å². The summed E-state index contributed by atoms with van der Waals surface area (Å²) in [6.45, 7) is 0.316. The van der Waals surface area contributed by atoms with E-state index < -0.39 is 44.9 Å². The molecule has 0 unspecified atom stereocenters. The number of benzene rings is 1.